The number of carbonyl (C=O) groups excluding carboxylic acids is 4. The lowest BCUT2D eigenvalue weighted by molar-refractivity contribution is -0.117. The minimum absolute atomic E-state index is 0.00372. The van der Waals surface area contributed by atoms with Crippen LogP contribution in [0.2, 0.25) is 10.3 Å². The predicted molar refractivity (Wildman–Crippen MR) is 336 cm³/mol. The van der Waals surface area contributed by atoms with E-state index < -0.39 is 41.9 Å². The number of aryl methyl sites for hydroxylation is 6. The van der Waals surface area contributed by atoms with E-state index in [0.717, 1.165) is 69.7 Å². The fourth-order valence-electron chi connectivity index (χ4n) is 9.44. The van der Waals surface area contributed by atoms with Crippen LogP contribution in [0.4, 0.5) is 36.5 Å². The molecule has 3 aromatic carbocycles. The van der Waals surface area contributed by atoms with E-state index in [4.69, 9.17) is 47.5 Å². The number of aromatic carboxylic acids is 2. The van der Waals surface area contributed by atoms with E-state index in [0.29, 0.717) is 60.4 Å². The first-order valence-corrected chi connectivity index (χ1v) is 29.7. The number of amides is 4. The number of benzene rings is 3. The van der Waals surface area contributed by atoms with E-state index in [2.05, 4.69) is 84.2 Å². The highest BCUT2D eigenvalue weighted by Crippen LogP contribution is 2.38. The highest BCUT2D eigenvalue weighted by molar-refractivity contribution is 9.10. The maximum Gasteiger partial charge on any atom is 0.494 e. The zero-order chi connectivity index (χ0) is 67.1. The van der Waals surface area contributed by atoms with Crippen LogP contribution in [0.1, 0.15) is 122 Å². The van der Waals surface area contributed by atoms with E-state index >= 15 is 0 Å². The van der Waals surface area contributed by atoms with Gasteiger partial charge in [0.15, 0.2) is 21.8 Å². The van der Waals surface area contributed by atoms with Gasteiger partial charge in [-0.3, -0.25) is 19.7 Å². The van der Waals surface area contributed by atoms with Crippen LogP contribution in [0, 0.1) is 11.6 Å². The van der Waals surface area contributed by atoms with Crippen molar-refractivity contribution < 1.29 is 66.9 Å². The third kappa shape index (κ3) is 16.5. The summed E-state index contributed by atoms with van der Waals surface area (Å²) in [5.41, 5.74) is 8.72. The molecule has 0 saturated carbocycles. The van der Waals surface area contributed by atoms with E-state index in [1.54, 1.807) is 45.3 Å². The fourth-order valence-corrected chi connectivity index (χ4v) is 10.5. The van der Waals surface area contributed by atoms with E-state index in [1.165, 1.54) is 34.1 Å². The molecule has 1 fully saturated rings. The van der Waals surface area contributed by atoms with Gasteiger partial charge in [-0.25, -0.2) is 47.2 Å². The second-order valence-corrected chi connectivity index (χ2v) is 23.6. The second-order valence-electron chi connectivity index (χ2n) is 22.1. The standard InChI is InChI=1S/C20H18ClFN6O3.C15H20BNO3.C13H12N4O3.C7H7ClFNO.C4H4BrN3O2/c1-10(14-8-13(22)9-23-18(14)21)31-20(30)25-19-17(26-27-28(19)2)12-3-5-15-11(7-12)4-6-16(29)24-15;1-14(2)15(3,4)20-16(19-14)11-6-7-12-10(9-11)5-8-13(18)17-12;1-17-12(13(19)20)11(15-16-17)8-2-4-9-7(6-8)3-5-10(18)14-9;1-4(11)6-2-5(9)3-10-7(6)8;1-8-2(4(9)10)3(5)6-7-8/h3,5,7-10H,4,6H2,1-2H3,(H,24,29)(H,25,30);6-7,9H,5,8H2,1-4H3,(H,17,18);2,4,6H,3,5H2,1H3,(H,14,18)(H,19,20);2-4,11H,1H3;1H3,(H,9,10)/t10-;;;4-;/m1..1./s1. The number of carboxylic acid groups (broad SMARTS) is 2. The number of rotatable bonds is 9. The van der Waals surface area contributed by atoms with Gasteiger partial charge >= 0.3 is 25.2 Å². The quantitative estimate of drug-likeness (QED) is 0.0523. The Balaban J connectivity index is 0.000000157. The summed E-state index contributed by atoms with van der Waals surface area (Å²) in [5.74, 6) is -2.81. The monoisotopic (exact) mass is 1370 g/mol. The Labute approximate surface area is 542 Å². The summed E-state index contributed by atoms with van der Waals surface area (Å²) in [7, 11) is 4.34. The summed E-state index contributed by atoms with van der Waals surface area (Å²) in [6.07, 6.45) is 2.98. The van der Waals surface area contributed by atoms with Gasteiger partial charge in [-0.1, -0.05) is 63.1 Å². The molecule has 33 heteroatoms. The van der Waals surface area contributed by atoms with Gasteiger partial charge in [-0.05, 0) is 141 Å². The van der Waals surface area contributed by atoms with Crippen LogP contribution in [0.3, 0.4) is 0 Å². The molecule has 482 valence electrons. The summed E-state index contributed by atoms with van der Waals surface area (Å²) in [6.45, 7) is 11.2. The van der Waals surface area contributed by atoms with Crippen molar-refractivity contribution in [3.63, 3.8) is 0 Å². The third-order valence-electron chi connectivity index (χ3n) is 15.0. The van der Waals surface area contributed by atoms with Crippen molar-refractivity contribution in [1.29, 1.82) is 0 Å². The van der Waals surface area contributed by atoms with Crippen LogP contribution in [-0.2, 0) is 68.8 Å². The third-order valence-corrected chi connectivity index (χ3v) is 16.2. The van der Waals surface area contributed by atoms with Crippen molar-refractivity contribution in [3.05, 3.63) is 145 Å². The van der Waals surface area contributed by atoms with Crippen molar-refractivity contribution in [2.24, 2.45) is 21.1 Å². The van der Waals surface area contributed by atoms with E-state index in [9.17, 15) is 42.7 Å². The highest BCUT2D eigenvalue weighted by Gasteiger charge is 2.52. The lowest BCUT2D eigenvalue weighted by Crippen LogP contribution is -2.41. The van der Waals surface area contributed by atoms with Crippen molar-refractivity contribution in [2.75, 3.05) is 21.3 Å². The maximum absolute atomic E-state index is 13.5. The van der Waals surface area contributed by atoms with Crippen LogP contribution in [-0.4, -0.2) is 124 Å². The molecule has 1 saturated heterocycles. The first-order chi connectivity index (χ1) is 43.4. The summed E-state index contributed by atoms with van der Waals surface area (Å²) < 4.78 is 47.5. The van der Waals surface area contributed by atoms with Crippen LogP contribution < -0.4 is 26.7 Å². The first kappa shape index (κ1) is 68.8. The molecule has 2 atom stereocenters. The van der Waals surface area contributed by atoms with Crippen LogP contribution in [0.15, 0.2) is 83.7 Å². The molecule has 9 heterocycles. The zero-order valence-electron chi connectivity index (χ0n) is 50.8. The maximum atomic E-state index is 13.5. The number of anilines is 4. The van der Waals surface area contributed by atoms with Gasteiger partial charge in [0, 0.05) is 79.7 Å². The lowest BCUT2D eigenvalue weighted by atomic mass is 9.77. The smallest absolute Gasteiger partial charge is 0.476 e. The average molecular weight is 1370 g/mol. The number of ether oxygens (including phenoxy) is 1. The molecule has 92 heavy (non-hydrogen) atoms. The number of pyridine rings is 2. The fraction of sp³-hybridized carbons (Fsp3) is 0.322. The molecule has 4 aliphatic rings. The molecule has 0 unspecified atom stereocenters. The number of halogens is 5. The number of aliphatic hydroxyl groups excluding tert-OH is 1. The van der Waals surface area contributed by atoms with Gasteiger partial charge in [0.1, 0.15) is 39.4 Å². The molecule has 0 bridgehead atoms. The molecule has 12 rings (SSSR count). The van der Waals surface area contributed by atoms with E-state index in [1.807, 2.05) is 52.0 Å². The van der Waals surface area contributed by atoms with Crippen molar-refractivity contribution in [3.8, 4) is 22.5 Å². The summed E-state index contributed by atoms with van der Waals surface area (Å²) >= 11 is 14.5. The van der Waals surface area contributed by atoms with Crippen molar-refractivity contribution in [1.82, 2.24) is 54.9 Å². The minimum Gasteiger partial charge on any atom is -0.476 e. The largest absolute Gasteiger partial charge is 0.494 e. The van der Waals surface area contributed by atoms with Gasteiger partial charge in [-0.2, -0.15) is 0 Å². The number of fused-ring (bicyclic) bond motifs is 3. The molecular formula is C59H61BBrCl2F2N15O12. The predicted octanol–water partition coefficient (Wildman–Crippen LogP) is 9.00. The number of nitrogens with zero attached hydrogens (tertiary/aromatic N) is 11. The Hall–Kier alpha value is -9.14. The SMILES string of the molecule is CC1(C)OB(c2ccc3c(c2)CCC(=O)N3)OC1(C)C.C[C@@H](O)c1cc(F)cnc1Cl.C[C@@H](OC(=O)Nc1c(-c2ccc3c(c2)CCC(=O)N3)nnn1C)c1cc(F)cnc1Cl.Cn1nnc(-c2ccc3c(c2)CCC(=O)N3)c1C(=O)O.Cn1nnc(Br)c1C(=O)O. The molecule has 4 aliphatic heterocycles. The van der Waals surface area contributed by atoms with Gasteiger partial charge in [-0.15, -0.1) is 15.3 Å². The molecule has 7 N–H and O–H groups in total. The van der Waals surface area contributed by atoms with Crippen LogP contribution in [0.5, 0.6) is 0 Å². The summed E-state index contributed by atoms with van der Waals surface area (Å²) in [5, 5.41) is 60.8. The number of aromatic nitrogens is 11. The number of carboxylic acids is 2. The number of nitrogens with one attached hydrogen (secondary N) is 4. The molecular weight excluding hydrogens is 1310 g/mol. The lowest BCUT2D eigenvalue weighted by Gasteiger charge is -2.32. The Morgan fingerprint density at radius 1 is 0.641 bits per heavy atom. The highest BCUT2D eigenvalue weighted by atomic mass is 79.9. The molecule has 0 spiro atoms. The Kier molecular flexibility index (Phi) is 21.7. The molecule has 4 amide bonds. The Bertz CT molecular complexity index is 4120. The number of aliphatic hydroxyl groups is 1. The number of carbonyl (C=O) groups is 6. The summed E-state index contributed by atoms with van der Waals surface area (Å²) in [6, 6.07) is 19.1. The number of hydrogen-bond acceptors (Lipinski definition) is 18. The molecule has 0 aliphatic carbocycles. The normalized spacial score (nSPS) is 15.4. The zero-order valence-corrected chi connectivity index (χ0v) is 53.9. The molecule has 0 radical (unpaired) electrons. The van der Waals surface area contributed by atoms with Gasteiger partial charge in [0.2, 0.25) is 17.7 Å². The number of hydrogen-bond donors (Lipinski definition) is 7. The molecule has 27 nitrogen and oxygen atoms in total. The van der Waals surface area contributed by atoms with Gasteiger partial charge < -0.3 is 45.3 Å². The van der Waals surface area contributed by atoms with Crippen LogP contribution >= 0.6 is 39.1 Å². The topological polar surface area (TPSA) is 357 Å². The summed E-state index contributed by atoms with van der Waals surface area (Å²) in [4.78, 5) is 75.6. The minimum atomic E-state index is -1.07. The average Bonchev–Trinajstić information content (AvgIpc) is 1.61. The molecule has 8 aromatic rings. The second kappa shape index (κ2) is 29.0. The van der Waals surface area contributed by atoms with Crippen molar-refractivity contribution in [2.45, 2.75) is 103 Å². The Morgan fingerprint density at radius 3 is 1.54 bits per heavy atom. The first-order valence-electron chi connectivity index (χ1n) is 28.1. The van der Waals surface area contributed by atoms with Crippen molar-refractivity contribution >= 4 is 110 Å². The van der Waals surface area contributed by atoms with E-state index in [-0.39, 0.29) is 67.9 Å². The van der Waals surface area contributed by atoms with Gasteiger partial charge in [0.05, 0.1) is 29.7 Å². The Morgan fingerprint density at radius 2 is 1.08 bits per heavy atom. The molecule has 5 aromatic heterocycles. The van der Waals surface area contributed by atoms with Gasteiger partial charge in [0.25, 0.3) is 0 Å². The van der Waals surface area contributed by atoms with Crippen LogP contribution in [0.25, 0.3) is 22.5 Å².